The smallest absolute Gasteiger partial charge is 0.332 e. The number of hydrogen-bond donors (Lipinski definition) is 2. The molecule has 0 saturated carbocycles. The summed E-state index contributed by atoms with van der Waals surface area (Å²) >= 11 is 0. The molecule has 0 saturated heterocycles. The molecule has 3 heterocycles. The molecule has 3 rings (SSSR count). The Kier molecular flexibility index (Phi) is 7.39. The third kappa shape index (κ3) is 4.29. The van der Waals surface area contributed by atoms with E-state index in [1.54, 1.807) is 11.6 Å². The van der Waals surface area contributed by atoms with Crippen molar-refractivity contribution in [1.29, 1.82) is 0 Å². The number of amidine groups is 1. The lowest BCUT2D eigenvalue weighted by Crippen LogP contribution is -2.42. The van der Waals surface area contributed by atoms with Crippen molar-refractivity contribution in [3.05, 3.63) is 27.2 Å². The Hall–Kier alpha value is -2.17. The monoisotopic (exact) mass is 414 g/mol. The fraction of sp³-hybridized carbons (Fsp3) is 0.647. The molecule has 2 aromatic rings. The predicted octanol–water partition coefficient (Wildman–Crippen LogP) is -0.907. The van der Waals surface area contributed by atoms with Crippen molar-refractivity contribution in [2.75, 3.05) is 26.2 Å². The predicted molar refractivity (Wildman–Crippen MR) is 108 cm³/mol. The number of aryl methyl sites for hydroxylation is 1. The SMILES string of the molecule is Cl.Cn1c(=O)c2c(ncn2CC(O)CN(CCO)C2=NCCCC2)n(C)c1=O. The van der Waals surface area contributed by atoms with Crippen molar-refractivity contribution < 1.29 is 10.2 Å². The Bertz CT molecular complexity index is 963. The minimum absolute atomic E-state index is 0. The third-order valence-corrected chi connectivity index (χ3v) is 4.89. The molecule has 10 nitrogen and oxygen atoms in total. The Morgan fingerprint density at radius 1 is 1.25 bits per heavy atom. The first kappa shape index (κ1) is 22.1. The third-order valence-electron chi connectivity index (χ3n) is 4.89. The lowest BCUT2D eigenvalue weighted by atomic mass is 10.1. The number of imidazole rings is 1. The molecule has 2 aromatic heterocycles. The number of fused-ring (bicyclic) bond motifs is 1. The minimum Gasteiger partial charge on any atom is -0.395 e. The molecule has 0 aromatic carbocycles. The van der Waals surface area contributed by atoms with Crippen LogP contribution in [0.5, 0.6) is 0 Å². The van der Waals surface area contributed by atoms with E-state index >= 15 is 0 Å². The maximum absolute atomic E-state index is 12.5. The Morgan fingerprint density at radius 3 is 2.64 bits per heavy atom. The summed E-state index contributed by atoms with van der Waals surface area (Å²) in [5, 5.41) is 19.9. The quantitative estimate of drug-likeness (QED) is 0.632. The lowest BCUT2D eigenvalue weighted by molar-refractivity contribution is 0.117. The Labute approximate surface area is 168 Å². The maximum atomic E-state index is 12.5. The Balaban J connectivity index is 0.00000280. The summed E-state index contributed by atoms with van der Waals surface area (Å²) in [6, 6.07) is 0. The van der Waals surface area contributed by atoms with Gasteiger partial charge in [-0.3, -0.25) is 18.9 Å². The van der Waals surface area contributed by atoms with Crippen LogP contribution in [-0.4, -0.2) is 72.0 Å². The van der Waals surface area contributed by atoms with Gasteiger partial charge in [-0.2, -0.15) is 0 Å². The average Bonchev–Trinajstić information content (AvgIpc) is 3.08. The highest BCUT2D eigenvalue weighted by Gasteiger charge is 2.20. The van der Waals surface area contributed by atoms with E-state index < -0.39 is 17.4 Å². The van der Waals surface area contributed by atoms with Gasteiger partial charge in [0.15, 0.2) is 11.2 Å². The van der Waals surface area contributed by atoms with Crippen molar-refractivity contribution in [2.45, 2.75) is 31.9 Å². The largest absolute Gasteiger partial charge is 0.395 e. The molecule has 0 aliphatic carbocycles. The summed E-state index contributed by atoms with van der Waals surface area (Å²) in [5.74, 6) is 0.906. The van der Waals surface area contributed by atoms with E-state index in [1.807, 2.05) is 4.90 Å². The van der Waals surface area contributed by atoms with Crippen molar-refractivity contribution in [2.24, 2.45) is 19.1 Å². The molecule has 1 aliphatic heterocycles. The molecule has 1 aliphatic rings. The zero-order valence-electron chi connectivity index (χ0n) is 16.1. The number of rotatable bonds is 6. The van der Waals surface area contributed by atoms with Crippen LogP contribution in [0, 0.1) is 0 Å². The van der Waals surface area contributed by atoms with Gasteiger partial charge >= 0.3 is 5.69 Å². The molecule has 28 heavy (non-hydrogen) atoms. The Morgan fingerprint density at radius 2 is 2.00 bits per heavy atom. The first-order valence-corrected chi connectivity index (χ1v) is 9.12. The molecule has 11 heteroatoms. The van der Waals surface area contributed by atoms with Gasteiger partial charge in [0.1, 0.15) is 0 Å². The van der Waals surface area contributed by atoms with E-state index in [1.165, 1.54) is 17.9 Å². The average molecular weight is 415 g/mol. The molecule has 0 bridgehead atoms. The molecular formula is C17H27ClN6O4. The maximum Gasteiger partial charge on any atom is 0.332 e. The summed E-state index contributed by atoms with van der Waals surface area (Å²) in [6.07, 6.45) is 3.61. The summed E-state index contributed by atoms with van der Waals surface area (Å²) in [5.41, 5.74) is -0.314. The summed E-state index contributed by atoms with van der Waals surface area (Å²) in [4.78, 5) is 35.1. The molecule has 2 N–H and O–H groups in total. The van der Waals surface area contributed by atoms with Gasteiger partial charge in [-0.15, -0.1) is 12.4 Å². The van der Waals surface area contributed by atoms with Crippen LogP contribution in [0.1, 0.15) is 19.3 Å². The summed E-state index contributed by atoms with van der Waals surface area (Å²) in [6.45, 7) is 1.59. The summed E-state index contributed by atoms with van der Waals surface area (Å²) < 4.78 is 3.91. The number of aromatic nitrogens is 4. The fourth-order valence-electron chi connectivity index (χ4n) is 3.46. The second-order valence-electron chi connectivity index (χ2n) is 6.85. The number of nitrogens with zero attached hydrogens (tertiary/aromatic N) is 6. The van der Waals surface area contributed by atoms with Gasteiger partial charge < -0.3 is 19.7 Å². The minimum atomic E-state index is -0.791. The molecule has 1 unspecified atom stereocenters. The van der Waals surface area contributed by atoms with Gasteiger partial charge in [-0.1, -0.05) is 0 Å². The van der Waals surface area contributed by atoms with Gasteiger partial charge in [-0.25, -0.2) is 9.78 Å². The molecule has 1 atom stereocenters. The molecule has 0 spiro atoms. The van der Waals surface area contributed by atoms with Crippen LogP contribution in [0.4, 0.5) is 0 Å². The van der Waals surface area contributed by atoms with Crippen molar-refractivity contribution in [3.63, 3.8) is 0 Å². The standard InChI is InChI=1S/C17H26N6O4.ClH/c1-20-15-14(16(26)21(2)17(20)27)23(11-19-15)10-12(25)9-22(7-8-24)13-5-3-4-6-18-13;/h11-12,24-25H,3-10H2,1-2H3;1H. The molecule has 156 valence electrons. The normalized spacial score (nSPS) is 15.2. The van der Waals surface area contributed by atoms with Crippen LogP contribution in [0.3, 0.4) is 0 Å². The van der Waals surface area contributed by atoms with E-state index in [9.17, 15) is 19.8 Å². The van der Waals surface area contributed by atoms with E-state index in [0.717, 1.165) is 36.2 Å². The van der Waals surface area contributed by atoms with Crippen molar-refractivity contribution in [3.8, 4) is 0 Å². The van der Waals surface area contributed by atoms with Crippen LogP contribution >= 0.6 is 12.4 Å². The molecule has 0 radical (unpaired) electrons. The second-order valence-corrected chi connectivity index (χ2v) is 6.85. The topological polar surface area (TPSA) is 118 Å². The highest BCUT2D eigenvalue weighted by molar-refractivity contribution is 5.85. The van der Waals surface area contributed by atoms with Crippen LogP contribution in [-0.2, 0) is 20.6 Å². The number of aliphatic hydroxyl groups excluding tert-OH is 2. The van der Waals surface area contributed by atoms with Crippen LogP contribution in [0.15, 0.2) is 20.9 Å². The van der Waals surface area contributed by atoms with Gasteiger partial charge in [0.05, 0.1) is 31.4 Å². The van der Waals surface area contributed by atoms with Gasteiger partial charge in [-0.05, 0) is 12.8 Å². The number of aliphatic hydroxyl groups is 2. The van der Waals surface area contributed by atoms with E-state index in [0.29, 0.717) is 18.7 Å². The number of aliphatic imine (C=N–C) groups is 1. The van der Waals surface area contributed by atoms with Crippen molar-refractivity contribution >= 4 is 29.4 Å². The first-order valence-electron chi connectivity index (χ1n) is 9.12. The molecule has 0 amide bonds. The van der Waals surface area contributed by atoms with E-state index in [2.05, 4.69) is 9.98 Å². The highest BCUT2D eigenvalue weighted by atomic mass is 35.5. The molecule has 0 fully saturated rings. The number of halogens is 1. The van der Waals surface area contributed by atoms with E-state index in [4.69, 9.17) is 0 Å². The van der Waals surface area contributed by atoms with Crippen LogP contribution in [0.2, 0.25) is 0 Å². The number of hydrogen-bond acceptors (Lipinski definition) is 7. The van der Waals surface area contributed by atoms with Crippen LogP contribution < -0.4 is 11.2 Å². The lowest BCUT2D eigenvalue weighted by Gasteiger charge is -2.29. The van der Waals surface area contributed by atoms with Gasteiger partial charge in [0, 0.05) is 40.2 Å². The molecular weight excluding hydrogens is 388 g/mol. The van der Waals surface area contributed by atoms with Gasteiger partial charge in [0.2, 0.25) is 0 Å². The zero-order valence-corrected chi connectivity index (χ0v) is 16.9. The van der Waals surface area contributed by atoms with E-state index in [-0.39, 0.29) is 31.1 Å². The van der Waals surface area contributed by atoms with Gasteiger partial charge in [0.25, 0.3) is 5.56 Å². The summed E-state index contributed by atoms with van der Waals surface area (Å²) in [7, 11) is 2.98. The second kappa shape index (κ2) is 9.35. The zero-order chi connectivity index (χ0) is 19.6. The van der Waals surface area contributed by atoms with Crippen molar-refractivity contribution in [1.82, 2.24) is 23.6 Å². The van der Waals surface area contributed by atoms with Crippen LogP contribution in [0.25, 0.3) is 11.2 Å². The fourth-order valence-corrected chi connectivity index (χ4v) is 3.46. The first-order chi connectivity index (χ1) is 12.9. The highest BCUT2D eigenvalue weighted by Crippen LogP contribution is 2.12.